The molecule has 0 saturated carbocycles. The Morgan fingerprint density at radius 1 is 1.26 bits per heavy atom. The van der Waals surface area contributed by atoms with Crippen molar-refractivity contribution in [2.24, 2.45) is 15.7 Å². The minimum atomic E-state index is -3.52. The fourth-order valence-electron chi connectivity index (χ4n) is 3.30. The van der Waals surface area contributed by atoms with Crippen LogP contribution in [0.15, 0.2) is 40.4 Å². The number of nitrogens with two attached hydrogens (primary N) is 1. The number of alkyl halides is 4. The summed E-state index contributed by atoms with van der Waals surface area (Å²) in [7, 11) is 0. The van der Waals surface area contributed by atoms with E-state index in [0.717, 1.165) is 19.2 Å². The number of nitrogens with one attached hydrogen (secondary N) is 1. The number of aromatic nitrogens is 1. The summed E-state index contributed by atoms with van der Waals surface area (Å²) < 4.78 is 77.5. The molecule has 31 heavy (non-hydrogen) atoms. The number of rotatable bonds is 4. The van der Waals surface area contributed by atoms with Crippen molar-refractivity contribution >= 4 is 17.5 Å². The molecule has 0 fully saturated rings. The van der Waals surface area contributed by atoms with Gasteiger partial charge < -0.3 is 20.5 Å². The van der Waals surface area contributed by atoms with Crippen LogP contribution in [-0.4, -0.2) is 36.0 Å². The first-order valence-electron chi connectivity index (χ1n) is 9.00. The van der Waals surface area contributed by atoms with Crippen LogP contribution in [0.25, 0.3) is 0 Å². The molecular formula is C19H16F5N5O2. The van der Waals surface area contributed by atoms with Crippen molar-refractivity contribution in [2.75, 3.05) is 11.9 Å². The van der Waals surface area contributed by atoms with E-state index in [1.807, 2.05) is 0 Å². The van der Waals surface area contributed by atoms with E-state index in [-0.39, 0.29) is 23.7 Å². The molecule has 1 aromatic carbocycles. The molecule has 1 unspecified atom stereocenters. The van der Waals surface area contributed by atoms with Gasteiger partial charge in [-0.05, 0) is 31.2 Å². The molecule has 4 rings (SSSR count). The summed E-state index contributed by atoms with van der Waals surface area (Å²) in [6, 6.07) is 4.55. The molecule has 1 atom stereocenters. The third-order valence-corrected chi connectivity index (χ3v) is 5.03. The fraction of sp³-hybridized carbons (Fsp3) is 0.316. The van der Waals surface area contributed by atoms with Gasteiger partial charge >= 0.3 is 12.5 Å². The number of hydrogen-bond acceptors (Lipinski definition) is 7. The zero-order chi connectivity index (χ0) is 22.4. The maximum atomic E-state index is 14.8. The standard InChI is InChI=1S/C19H16F5N5O2/c1-18(19(23,24)8-30-17(25)29-18)11-5-14-9(4-12(11)20)6-27-15(28-14)13-3-2-10(7-26-13)31-16(21)22/h2-5,7,16H,6,8H2,1H3,(H2,25,29)(H,27,28). The van der Waals surface area contributed by atoms with E-state index < -0.39 is 36.5 Å². The van der Waals surface area contributed by atoms with E-state index >= 15 is 0 Å². The molecule has 0 saturated heterocycles. The molecule has 0 aliphatic carbocycles. The van der Waals surface area contributed by atoms with Crippen LogP contribution in [0.5, 0.6) is 5.75 Å². The Bertz CT molecular complexity index is 1070. The second kappa shape index (κ2) is 7.36. The number of aliphatic imine (C=N–C) groups is 2. The molecule has 2 aliphatic heterocycles. The number of nitrogens with zero attached hydrogens (tertiary/aromatic N) is 3. The molecule has 3 heterocycles. The predicted octanol–water partition coefficient (Wildman–Crippen LogP) is 3.39. The topological polar surface area (TPSA) is 94.1 Å². The summed E-state index contributed by atoms with van der Waals surface area (Å²) in [6.45, 7) is -2.90. The summed E-state index contributed by atoms with van der Waals surface area (Å²) in [4.78, 5) is 11.9. The second-order valence-electron chi connectivity index (χ2n) is 7.05. The van der Waals surface area contributed by atoms with E-state index in [1.165, 1.54) is 18.2 Å². The van der Waals surface area contributed by atoms with Gasteiger partial charge in [-0.15, -0.1) is 0 Å². The molecule has 164 valence electrons. The Hall–Kier alpha value is -3.44. The van der Waals surface area contributed by atoms with E-state index in [2.05, 4.69) is 29.8 Å². The monoisotopic (exact) mass is 441 g/mol. The summed E-state index contributed by atoms with van der Waals surface area (Å²) in [6.07, 6.45) is 1.10. The smallest absolute Gasteiger partial charge is 0.387 e. The molecular weight excluding hydrogens is 425 g/mol. The average Bonchev–Trinajstić information content (AvgIpc) is 2.70. The van der Waals surface area contributed by atoms with E-state index in [1.54, 1.807) is 0 Å². The SMILES string of the molecule is CC1(c2cc3c(cc2F)CN=C(c2ccc(OC(F)F)cn2)N3)N=C(N)OCC1(F)F. The van der Waals surface area contributed by atoms with Gasteiger partial charge in [0, 0.05) is 16.8 Å². The maximum absolute atomic E-state index is 14.8. The molecule has 3 N–H and O–H groups in total. The number of pyridine rings is 1. The molecule has 2 aliphatic rings. The third kappa shape index (κ3) is 3.73. The number of halogens is 5. The quantitative estimate of drug-likeness (QED) is 0.710. The van der Waals surface area contributed by atoms with Crippen molar-refractivity contribution in [3.8, 4) is 5.75 Å². The zero-order valence-electron chi connectivity index (χ0n) is 16.0. The number of anilines is 1. The van der Waals surface area contributed by atoms with Gasteiger partial charge in [0.15, 0.2) is 18.0 Å². The Morgan fingerprint density at radius 3 is 2.71 bits per heavy atom. The molecule has 2 aromatic rings. The molecule has 0 bridgehead atoms. The summed E-state index contributed by atoms with van der Waals surface area (Å²) >= 11 is 0. The lowest BCUT2D eigenvalue weighted by molar-refractivity contribution is -0.117. The minimum absolute atomic E-state index is 0.0491. The van der Waals surface area contributed by atoms with Crippen molar-refractivity contribution in [3.63, 3.8) is 0 Å². The minimum Gasteiger partial charge on any atom is -0.459 e. The summed E-state index contributed by atoms with van der Waals surface area (Å²) in [5.41, 5.74) is 3.87. The average molecular weight is 441 g/mol. The highest BCUT2D eigenvalue weighted by molar-refractivity contribution is 6.08. The van der Waals surface area contributed by atoms with Crippen LogP contribution in [-0.2, 0) is 16.8 Å². The van der Waals surface area contributed by atoms with Crippen molar-refractivity contribution in [1.82, 2.24) is 4.98 Å². The van der Waals surface area contributed by atoms with E-state index in [9.17, 15) is 22.0 Å². The van der Waals surface area contributed by atoms with Gasteiger partial charge in [0.25, 0.3) is 6.02 Å². The Kier molecular flexibility index (Phi) is 4.94. The number of amidine groups is 2. The van der Waals surface area contributed by atoms with Crippen molar-refractivity contribution in [2.45, 2.75) is 31.5 Å². The van der Waals surface area contributed by atoms with Crippen LogP contribution in [0.3, 0.4) is 0 Å². The Balaban J connectivity index is 1.67. The van der Waals surface area contributed by atoms with Crippen LogP contribution in [0.4, 0.5) is 27.6 Å². The van der Waals surface area contributed by atoms with Crippen LogP contribution < -0.4 is 15.8 Å². The fourth-order valence-corrected chi connectivity index (χ4v) is 3.30. The third-order valence-electron chi connectivity index (χ3n) is 5.03. The highest BCUT2D eigenvalue weighted by Gasteiger charge is 2.56. The van der Waals surface area contributed by atoms with Gasteiger partial charge in [-0.3, -0.25) is 4.99 Å². The largest absolute Gasteiger partial charge is 0.459 e. The second-order valence-corrected chi connectivity index (χ2v) is 7.05. The first-order chi connectivity index (χ1) is 14.6. The first kappa shape index (κ1) is 20.8. The predicted molar refractivity (Wildman–Crippen MR) is 101 cm³/mol. The molecule has 1 aromatic heterocycles. The van der Waals surface area contributed by atoms with Crippen molar-refractivity contribution in [1.29, 1.82) is 0 Å². The van der Waals surface area contributed by atoms with E-state index in [4.69, 9.17) is 5.73 Å². The summed E-state index contributed by atoms with van der Waals surface area (Å²) in [5.74, 6) is -4.28. The summed E-state index contributed by atoms with van der Waals surface area (Å²) in [5, 5.41) is 2.91. The van der Waals surface area contributed by atoms with Crippen LogP contribution in [0.2, 0.25) is 0 Å². The molecule has 0 amide bonds. The van der Waals surface area contributed by atoms with Crippen LogP contribution >= 0.6 is 0 Å². The molecule has 12 heteroatoms. The van der Waals surface area contributed by atoms with Gasteiger partial charge in [-0.2, -0.15) is 17.6 Å². The first-order valence-corrected chi connectivity index (χ1v) is 9.00. The van der Waals surface area contributed by atoms with Gasteiger partial charge in [-0.1, -0.05) is 0 Å². The van der Waals surface area contributed by atoms with Crippen LogP contribution in [0, 0.1) is 5.82 Å². The zero-order valence-corrected chi connectivity index (χ0v) is 16.0. The highest BCUT2D eigenvalue weighted by Crippen LogP contribution is 2.45. The molecule has 0 radical (unpaired) electrons. The van der Waals surface area contributed by atoms with Crippen molar-refractivity contribution in [3.05, 3.63) is 53.1 Å². The van der Waals surface area contributed by atoms with Gasteiger partial charge in [0.2, 0.25) is 0 Å². The maximum Gasteiger partial charge on any atom is 0.387 e. The van der Waals surface area contributed by atoms with Crippen LogP contribution in [0.1, 0.15) is 23.7 Å². The van der Waals surface area contributed by atoms with Gasteiger partial charge in [0.05, 0.1) is 12.7 Å². The normalized spacial score (nSPS) is 22.0. The van der Waals surface area contributed by atoms with Gasteiger partial charge in [0.1, 0.15) is 17.3 Å². The number of benzene rings is 1. The van der Waals surface area contributed by atoms with Gasteiger partial charge in [-0.25, -0.2) is 14.4 Å². The number of hydrogen-bond donors (Lipinski definition) is 2. The lowest BCUT2D eigenvalue weighted by atomic mass is 9.84. The number of fused-ring (bicyclic) bond motifs is 1. The Morgan fingerprint density at radius 2 is 2.03 bits per heavy atom. The molecule has 7 nitrogen and oxygen atoms in total. The highest BCUT2D eigenvalue weighted by atomic mass is 19.3. The number of ether oxygens (including phenoxy) is 2. The van der Waals surface area contributed by atoms with Crippen molar-refractivity contribution < 1.29 is 31.4 Å². The molecule has 0 spiro atoms. The lowest BCUT2D eigenvalue weighted by Crippen LogP contribution is -2.51. The Labute approximate surface area is 172 Å². The lowest BCUT2D eigenvalue weighted by Gasteiger charge is -2.38. The van der Waals surface area contributed by atoms with E-state index in [0.29, 0.717) is 16.9 Å².